The number of sulfonamides is 1. The summed E-state index contributed by atoms with van der Waals surface area (Å²) in [6.45, 7) is 6.48. The van der Waals surface area contributed by atoms with Gasteiger partial charge in [-0.15, -0.1) is 0 Å². The van der Waals surface area contributed by atoms with E-state index in [9.17, 15) is 8.42 Å². The first-order valence-electron chi connectivity index (χ1n) is 6.86. The predicted molar refractivity (Wildman–Crippen MR) is 84.3 cm³/mol. The number of hydrogen-bond acceptors (Lipinski definition) is 4. The molecule has 114 valence electrons. The molecule has 1 unspecified atom stereocenters. The molecule has 0 aliphatic rings. The normalized spacial score (nSPS) is 13.4. The third-order valence-corrected chi connectivity index (χ3v) is 4.59. The molecule has 0 fully saturated rings. The van der Waals surface area contributed by atoms with Gasteiger partial charge in [0.1, 0.15) is 0 Å². The molecule has 4 N–H and O–H groups in total. The Morgan fingerprint density at radius 2 is 1.85 bits per heavy atom. The van der Waals surface area contributed by atoms with Crippen molar-refractivity contribution < 1.29 is 8.42 Å². The summed E-state index contributed by atoms with van der Waals surface area (Å²) >= 11 is 0. The maximum absolute atomic E-state index is 11.7. The van der Waals surface area contributed by atoms with Gasteiger partial charge in [0.25, 0.3) is 0 Å². The van der Waals surface area contributed by atoms with Crippen LogP contribution in [0.1, 0.15) is 33.6 Å². The second kappa shape index (κ2) is 6.95. The largest absolute Gasteiger partial charge is 0.397 e. The highest BCUT2D eigenvalue weighted by atomic mass is 32.2. The van der Waals surface area contributed by atoms with Gasteiger partial charge in [-0.1, -0.05) is 13.8 Å². The Labute approximate surface area is 122 Å². The number of nitrogen functional groups attached to an aromatic ring is 1. The van der Waals surface area contributed by atoms with Crippen LogP contribution in [0.2, 0.25) is 0 Å². The topological polar surface area (TPSA) is 84.2 Å². The average Bonchev–Trinajstić information content (AvgIpc) is 2.38. The van der Waals surface area contributed by atoms with Crippen molar-refractivity contribution in [2.45, 2.75) is 44.6 Å². The lowest BCUT2D eigenvalue weighted by Gasteiger charge is -2.18. The van der Waals surface area contributed by atoms with E-state index in [0.717, 1.165) is 18.5 Å². The SMILES string of the molecule is CNS(=O)(=O)c1ccc(NC(C)CCC(C)C)c(N)c1. The van der Waals surface area contributed by atoms with Crippen LogP contribution in [0.25, 0.3) is 0 Å². The third kappa shape index (κ3) is 4.68. The van der Waals surface area contributed by atoms with Crippen LogP contribution in [0.5, 0.6) is 0 Å². The lowest BCUT2D eigenvalue weighted by atomic mass is 10.0. The highest BCUT2D eigenvalue weighted by Gasteiger charge is 2.13. The molecule has 0 saturated carbocycles. The fourth-order valence-electron chi connectivity index (χ4n) is 1.88. The zero-order chi connectivity index (χ0) is 15.3. The summed E-state index contributed by atoms with van der Waals surface area (Å²) < 4.78 is 25.6. The smallest absolute Gasteiger partial charge is 0.240 e. The number of rotatable bonds is 7. The van der Waals surface area contributed by atoms with Crippen LogP contribution < -0.4 is 15.8 Å². The first kappa shape index (κ1) is 16.8. The van der Waals surface area contributed by atoms with Crippen molar-refractivity contribution in [3.63, 3.8) is 0 Å². The van der Waals surface area contributed by atoms with Crippen molar-refractivity contribution in [3.8, 4) is 0 Å². The molecule has 6 heteroatoms. The van der Waals surface area contributed by atoms with Gasteiger partial charge in [0, 0.05) is 6.04 Å². The van der Waals surface area contributed by atoms with Gasteiger partial charge < -0.3 is 11.1 Å². The predicted octanol–water partition coefficient (Wildman–Crippen LogP) is 2.41. The van der Waals surface area contributed by atoms with Crippen molar-refractivity contribution in [2.24, 2.45) is 5.92 Å². The molecular weight excluding hydrogens is 274 g/mol. The molecule has 1 aromatic carbocycles. The average molecular weight is 299 g/mol. The first-order chi connectivity index (χ1) is 9.26. The van der Waals surface area contributed by atoms with Crippen LogP contribution in [-0.4, -0.2) is 21.5 Å². The molecular formula is C14H25N3O2S. The summed E-state index contributed by atoms with van der Waals surface area (Å²) in [7, 11) is -2.06. The standard InChI is InChI=1S/C14H25N3O2S/c1-10(2)5-6-11(3)17-14-8-7-12(9-13(14)15)20(18,19)16-4/h7-11,16-17H,5-6,15H2,1-4H3. The van der Waals surface area contributed by atoms with Crippen LogP contribution in [-0.2, 0) is 10.0 Å². The number of nitrogens with one attached hydrogen (secondary N) is 2. The number of anilines is 2. The van der Waals surface area contributed by atoms with Crippen LogP contribution in [0.3, 0.4) is 0 Å². The summed E-state index contributed by atoms with van der Waals surface area (Å²) in [5.41, 5.74) is 7.14. The van der Waals surface area contributed by atoms with Gasteiger partial charge in [-0.05, 0) is 50.9 Å². The van der Waals surface area contributed by atoms with E-state index < -0.39 is 10.0 Å². The van der Waals surface area contributed by atoms with Crippen LogP contribution in [0, 0.1) is 5.92 Å². The van der Waals surface area contributed by atoms with E-state index >= 15 is 0 Å². The van der Waals surface area contributed by atoms with Crippen molar-refractivity contribution >= 4 is 21.4 Å². The Morgan fingerprint density at radius 3 is 2.35 bits per heavy atom. The fourth-order valence-corrected chi connectivity index (χ4v) is 2.64. The van der Waals surface area contributed by atoms with Gasteiger partial charge in [-0.3, -0.25) is 0 Å². The first-order valence-corrected chi connectivity index (χ1v) is 8.34. The molecule has 0 aliphatic carbocycles. The van der Waals surface area contributed by atoms with Crippen LogP contribution >= 0.6 is 0 Å². The Bertz CT molecular complexity index is 541. The minimum absolute atomic E-state index is 0.179. The van der Waals surface area contributed by atoms with E-state index in [-0.39, 0.29) is 4.90 Å². The monoisotopic (exact) mass is 299 g/mol. The Morgan fingerprint density at radius 1 is 1.20 bits per heavy atom. The molecule has 0 aromatic heterocycles. The second-order valence-electron chi connectivity index (χ2n) is 5.47. The minimum Gasteiger partial charge on any atom is -0.397 e. The fraction of sp³-hybridized carbons (Fsp3) is 0.571. The molecule has 1 rings (SSSR count). The molecule has 0 heterocycles. The summed E-state index contributed by atoms with van der Waals surface area (Å²) in [5, 5.41) is 3.32. The lowest BCUT2D eigenvalue weighted by Crippen LogP contribution is -2.20. The molecule has 5 nitrogen and oxygen atoms in total. The van der Waals surface area contributed by atoms with E-state index in [1.54, 1.807) is 12.1 Å². The molecule has 0 radical (unpaired) electrons. The highest BCUT2D eigenvalue weighted by molar-refractivity contribution is 7.89. The maximum Gasteiger partial charge on any atom is 0.240 e. The van der Waals surface area contributed by atoms with E-state index in [1.165, 1.54) is 13.1 Å². The summed E-state index contributed by atoms with van der Waals surface area (Å²) in [6, 6.07) is 5.04. The van der Waals surface area contributed by atoms with Crippen molar-refractivity contribution in [3.05, 3.63) is 18.2 Å². The zero-order valence-corrected chi connectivity index (χ0v) is 13.4. The van der Waals surface area contributed by atoms with Crippen molar-refractivity contribution in [2.75, 3.05) is 18.1 Å². The summed E-state index contributed by atoms with van der Waals surface area (Å²) in [5.74, 6) is 0.666. The number of hydrogen-bond donors (Lipinski definition) is 3. The summed E-state index contributed by atoms with van der Waals surface area (Å²) in [6.07, 6.45) is 2.19. The molecule has 0 amide bonds. The highest BCUT2D eigenvalue weighted by Crippen LogP contribution is 2.24. The molecule has 0 aliphatic heterocycles. The Balaban J connectivity index is 2.79. The van der Waals surface area contributed by atoms with E-state index in [4.69, 9.17) is 5.73 Å². The second-order valence-corrected chi connectivity index (χ2v) is 7.36. The molecule has 1 aromatic rings. The van der Waals surface area contributed by atoms with Gasteiger partial charge in [-0.2, -0.15) is 0 Å². The van der Waals surface area contributed by atoms with Crippen molar-refractivity contribution in [1.29, 1.82) is 0 Å². The van der Waals surface area contributed by atoms with E-state index in [0.29, 0.717) is 17.6 Å². The molecule has 0 spiro atoms. The lowest BCUT2D eigenvalue weighted by molar-refractivity contribution is 0.528. The Kier molecular flexibility index (Phi) is 5.83. The quantitative estimate of drug-likeness (QED) is 0.675. The number of nitrogens with two attached hydrogens (primary N) is 1. The molecule has 1 atom stereocenters. The zero-order valence-electron chi connectivity index (χ0n) is 12.6. The summed E-state index contributed by atoms with van der Waals surface area (Å²) in [4.78, 5) is 0.179. The van der Waals surface area contributed by atoms with Crippen LogP contribution in [0.15, 0.2) is 23.1 Å². The van der Waals surface area contributed by atoms with Gasteiger partial charge in [-0.25, -0.2) is 13.1 Å². The van der Waals surface area contributed by atoms with E-state index in [1.807, 2.05) is 0 Å². The maximum atomic E-state index is 11.7. The molecule has 0 bridgehead atoms. The van der Waals surface area contributed by atoms with Gasteiger partial charge in [0.05, 0.1) is 16.3 Å². The Hall–Kier alpha value is -1.27. The third-order valence-electron chi connectivity index (χ3n) is 3.18. The molecule has 0 saturated heterocycles. The van der Waals surface area contributed by atoms with Gasteiger partial charge in [0.2, 0.25) is 10.0 Å². The van der Waals surface area contributed by atoms with Crippen LogP contribution in [0.4, 0.5) is 11.4 Å². The molecule has 20 heavy (non-hydrogen) atoms. The minimum atomic E-state index is -3.45. The van der Waals surface area contributed by atoms with Crippen molar-refractivity contribution in [1.82, 2.24) is 4.72 Å². The van der Waals surface area contributed by atoms with Gasteiger partial charge in [0.15, 0.2) is 0 Å². The van der Waals surface area contributed by atoms with Gasteiger partial charge >= 0.3 is 0 Å². The number of benzene rings is 1. The van der Waals surface area contributed by atoms with E-state index in [2.05, 4.69) is 30.8 Å².